The zero-order valence-electron chi connectivity index (χ0n) is 9.33. The van der Waals surface area contributed by atoms with Gasteiger partial charge < -0.3 is 0 Å². The predicted molar refractivity (Wildman–Crippen MR) is 63.6 cm³/mol. The second kappa shape index (κ2) is 3.30. The Balaban J connectivity index is 3.21. The highest BCUT2D eigenvalue weighted by Gasteiger charge is 2.34. The van der Waals surface area contributed by atoms with Crippen LogP contribution in [0.25, 0.3) is 0 Å². The van der Waals surface area contributed by atoms with E-state index in [4.69, 9.17) is 0 Å². The van der Waals surface area contributed by atoms with E-state index in [-0.39, 0.29) is 0 Å². The average molecular weight is 192 g/mol. The van der Waals surface area contributed by atoms with Crippen LogP contribution in [0, 0.1) is 0 Å². The van der Waals surface area contributed by atoms with Crippen LogP contribution in [-0.2, 0) is 0 Å². The fourth-order valence-electron chi connectivity index (χ4n) is 2.36. The maximum absolute atomic E-state index is 4.10. The quantitative estimate of drug-likeness (QED) is 0.578. The first kappa shape index (κ1) is 10.5. The molecule has 0 saturated heterocycles. The molecule has 1 aliphatic rings. The van der Waals surface area contributed by atoms with Crippen molar-refractivity contribution in [1.29, 1.82) is 0 Å². The van der Waals surface area contributed by atoms with E-state index >= 15 is 0 Å². The molecule has 1 heterocycles. The summed E-state index contributed by atoms with van der Waals surface area (Å²) in [4.78, 5) is 0. The van der Waals surface area contributed by atoms with Crippen LogP contribution in [0.1, 0.15) is 20.3 Å². The lowest BCUT2D eigenvalue weighted by molar-refractivity contribution is 1.11. The molecule has 0 aliphatic carbocycles. The van der Waals surface area contributed by atoms with Gasteiger partial charge >= 0.3 is 0 Å². The summed E-state index contributed by atoms with van der Waals surface area (Å²) < 4.78 is 0. The molecule has 0 unspecified atom stereocenters. The Bertz CT molecular complexity index is 292. The van der Waals surface area contributed by atoms with Gasteiger partial charge in [-0.2, -0.15) is 0 Å². The van der Waals surface area contributed by atoms with E-state index in [1.165, 1.54) is 29.2 Å². The molecule has 0 atom stereocenters. The summed E-state index contributed by atoms with van der Waals surface area (Å²) in [5.74, 6) is 0. The van der Waals surface area contributed by atoms with Gasteiger partial charge in [0.1, 0.15) is 0 Å². The van der Waals surface area contributed by atoms with Crippen molar-refractivity contribution < 1.29 is 0 Å². The molecule has 0 amide bonds. The van der Waals surface area contributed by atoms with Crippen molar-refractivity contribution in [1.82, 2.24) is 0 Å². The van der Waals surface area contributed by atoms with E-state index in [2.05, 4.69) is 40.1 Å². The fourth-order valence-corrected chi connectivity index (χ4v) is 5.79. The van der Waals surface area contributed by atoms with Crippen LogP contribution in [0.15, 0.2) is 35.1 Å². The smallest absolute Gasteiger partial charge is 0.0816 e. The van der Waals surface area contributed by atoms with Crippen molar-refractivity contribution >= 4 is 8.07 Å². The Hall–Kier alpha value is -0.563. The van der Waals surface area contributed by atoms with E-state index in [9.17, 15) is 0 Å². The lowest BCUT2D eigenvalue weighted by atomic mass is 10.0. The molecule has 1 heteroatoms. The minimum Gasteiger partial charge on any atom is -0.0962 e. The Morgan fingerprint density at radius 1 is 1.15 bits per heavy atom. The van der Waals surface area contributed by atoms with Crippen molar-refractivity contribution in [3.63, 3.8) is 0 Å². The molecule has 13 heavy (non-hydrogen) atoms. The minimum atomic E-state index is -1.14. The van der Waals surface area contributed by atoms with Crippen molar-refractivity contribution in [3.05, 3.63) is 35.1 Å². The fraction of sp³-hybridized carbons (Fsp3) is 0.500. The summed E-state index contributed by atoms with van der Waals surface area (Å²) in [6.07, 6.45) is 1.23. The molecule has 0 N–H and O–H groups in total. The van der Waals surface area contributed by atoms with Gasteiger partial charge in [0.2, 0.25) is 0 Å². The van der Waals surface area contributed by atoms with E-state index in [1.54, 1.807) is 5.20 Å². The van der Waals surface area contributed by atoms with Gasteiger partial charge in [0.25, 0.3) is 0 Å². The minimum absolute atomic E-state index is 1.14. The molecule has 0 aromatic rings. The molecule has 0 bridgehead atoms. The number of rotatable bonds is 2. The van der Waals surface area contributed by atoms with Crippen molar-refractivity contribution in [2.24, 2.45) is 0 Å². The lowest BCUT2D eigenvalue weighted by Crippen LogP contribution is -2.25. The Labute approximate surface area is 83.1 Å². The lowest BCUT2D eigenvalue weighted by Gasteiger charge is -2.21. The average Bonchev–Trinajstić information content (AvgIpc) is 2.24. The monoisotopic (exact) mass is 192 g/mol. The first-order valence-corrected chi connectivity index (χ1v) is 8.12. The van der Waals surface area contributed by atoms with Crippen LogP contribution < -0.4 is 0 Å². The number of hydrogen-bond donors (Lipinski definition) is 0. The van der Waals surface area contributed by atoms with Crippen molar-refractivity contribution in [3.8, 4) is 0 Å². The highest BCUT2D eigenvalue weighted by Crippen LogP contribution is 2.40. The summed E-state index contributed by atoms with van der Waals surface area (Å²) in [6, 6.07) is 1.37. The number of allylic oxidation sites excluding steroid dienone is 4. The van der Waals surface area contributed by atoms with Gasteiger partial charge in [0.05, 0.1) is 8.07 Å². The predicted octanol–water partition coefficient (Wildman–Crippen LogP) is 4.09. The van der Waals surface area contributed by atoms with Crippen LogP contribution in [0.2, 0.25) is 19.1 Å². The van der Waals surface area contributed by atoms with Gasteiger partial charge in [0, 0.05) is 0 Å². The zero-order chi connectivity index (χ0) is 10.2. The van der Waals surface area contributed by atoms with Crippen LogP contribution in [0.3, 0.4) is 0 Å². The molecule has 0 saturated carbocycles. The third-order valence-corrected chi connectivity index (χ3v) is 6.50. The normalized spacial score (nSPS) is 20.6. The molecule has 1 aliphatic heterocycles. The third-order valence-electron chi connectivity index (χ3n) is 2.92. The molecular weight excluding hydrogens is 172 g/mol. The second-order valence-corrected chi connectivity index (χ2v) is 9.57. The molecule has 0 aromatic heterocycles. The zero-order valence-corrected chi connectivity index (χ0v) is 10.3. The Kier molecular flexibility index (Phi) is 2.67. The van der Waals surface area contributed by atoms with E-state index in [0.717, 1.165) is 0 Å². The molecule has 0 spiro atoms. The van der Waals surface area contributed by atoms with Gasteiger partial charge in [-0.25, -0.2) is 0 Å². The van der Waals surface area contributed by atoms with Crippen LogP contribution in [-0.4, -0.2) is 8.07 Å². The highest BCUT2D eigenvalue weighted by atomic mass is 28.3. The van der Waals surface area contributed by atoms with Gasteiger partial charge in [-0.15, -0.1) is 0 Å². The van der Waals surface area contributed by atoms with Gasteiger partial charge in [-0.1, -0.05) is 42.6 Å². The maximum Gasteiger partial charge on any atom is 0.0816 e. The van der Waals surface area contributed by atoms with E-state index in [0.29, 0.717) is 0 Å². The summed E-state index contributed by atoms with van der Waals surface area (Å²) in [7, 11) is -1.14. The molecule has 0 radical (unpaired) electrons. The summed E-state index contributed by atoms with van der Waals surface area (Å²) in [5, 5.41) is 1.58. The van der Waals surface area contributed by atoms with E-state index in [1.807, 2.05) is 0 Å². The molecule has 0 fully saturated rings. The molecular formula is C12H20Si. The van der Waals surface area contributed by atoms with Crippen LogP contribution in [0.4, 0.5) is 0 Å². The van der Waals surface area contributed by atoms with Crippen LogP contribution in [0.5, 0.6) is 0 Å². The summed E-state index contributed by atoms with van der Waals surface area (Å²) in [6.45, 7) is 17.3. The first-order chi connectivity index (χ1) is 5.86. The summed E-state index contributed by atoms with van der Waals surface area (Å²) in [5.41, 5.74) is 4.02. The number of hydrogen-bond acceptors (Lipinski definition) is 0. The van der Waals surface area contributed by atoms with Crippen molar-refractivity contribution in [2.75, 3.05) is 0 Å². The summed E-state index contributed by atoms with van der Waals surface area (Å²) >= 11 is 0. The van der Waals surface area contributed by atoms with E-state index < -0.39 is 8.07 Å². The molecule has 0 nitrogen and oxygen atoms in total. The Morgan fingerprint density at radius 3 is 2.00 bits per heavy atom. The largest absolute Gasteiger partial charge is 0.0962 e. The second-order valence-electron chi connectivity index (χ2n) is 4.80. The van der Waals surface area contributed by atoms with Gasteiger partial charge in [-0.05, 0) is 31.9 Å². The van der Waals surface area contributed by atoms with Crippen molar-refractivity contribution in [2.45, 2.75) is 39.4 Å². The van der Waals surface area contributed by atoms with Gasteiger partial charge in [0.15, 0.2) is 0 Å². The molecule has 72 valence electrons. The first-order valence-electron chi connectivity index (χ1n) is 4.91. The van der Waals surface area contributed by atoms with Gasteiger partial charge in [-0.3, -0.25) is 0 Å². The SMILES string of the molecule is C=C(C)C1=C(C(=C)C)[Si](C)(C)CC1. The Morgan fingerprint density at radius 2 is 1.69 bits per heavy atom. The topological polar surface area (TPSA) is 0 Å². The standard InChI is InChI=1S/C12H20Si/c1-9(2)11-7-8-13(5,6)12(11)10(3)4/h1,3,7-8H2,2,4-6H3. The molecule has 1 rings (SSSR count). The third kappa shape index (κ3) is 1.85. The maximum atomic E-state index is 4.10. The van der Waals surface area contributed by atoms with Crippen LogP contribution >= 0.6 is 0 Å². The molecule has 0 aromatic carbocycles. The highest BCUT2D eigenvalue weighted by molar-refractivity contribution is 6.86.